The van der Waals surface area contributed by atoms with Crippen LogP contribution in [0.4, 0.5) is 5.69 Å². The molecule has 2 rings (SSSR count). The molecule has 1 atom stereocenters. The van der Waals surface area contributed by atoms with Crippen molar-refractivity contribution in [3.05, 3.63) is 44.6 Å². The summed E-state index contributed by atoms with van der Waals surface area (Å²) >= 11 is 7.24. The van der Waals surface area contributed by atoms with Crippen molar-refractivity contribution in [1.29, 1.82) is 0 Å². The lowest BCUT2D eigenvalue weighted by Crippen LogP contribution is -2.28. The van der Waals surface area contributed by atoms with Gasteiger partial charge < -0.3 is 5.73 Å². The summed E-state index contributed by atoms with van der Waals surface area (Å²) in [7, 11) is -3.69. The van der Waals surface area contributed by atoms with E-state index >= 15 is 0 Å². The fraction of sp³-hybridized carbons (Fsp3) is 0.286. The van der Waals surface area contributed by atoms with Crippen molar-refractivity contribution in [1.82, 2.24) is 4.72 Å². The van der Waals surface area contributed by atoms with Gasteiger partial charge in [0.1, 0.15) is 4.90 Å². The van der Waals surface area contributed by atoms with Crippen LogP contribution in [0.2, 0.25) is 4.34 Å². The summed E-state index contributed by atoms with van der Waals surface area (Å²) < 4.78 is 28.5. The molecule has 0 aliphatic heterocycles. The largest absolute Gasteiger partial charge is 0.397 e. The highest BCUT2D eigenvalue weighted by Crippen LogP contribution is 2.30. The van der Waals surface area contributed by atoms with E-state index < -0.39 is 10.0 Å². The highest BCUT2D eigenvalue weighted by atomic mass is 35.5. The molecule has 7 heteroatoms. The van der Waals surface area contributed by atoms with Crippen LogP contribution in [-0.4, -0.2) is 8.42 Å². The molecule has 0 aliphatic carbocycles. The smallest absolute Gasteiger partial charge is 0.243 e. The minimum absolute atomic E-state index is 0.150. The number of anilines is 1. The molecule has 21 heavy (non-hydrogen) atoms. The standard InChI is InChI=1S/C14H17ClN2O2S2/c1-8-4-5-9(2)14(13(8)16)21(18,19)17-10(3)11-6-7-12(15)20-11/h4-7,10,17H,16H2,1-3H3. The zero-order chi connectivity index (χ0) is 15.8. The molecule has 114 valence electrons. The van der Waals surface area contributed by atoms with Crippen LogP contribution in [0.5, 0.6) is 0 Å². The Morgan fingerprint density at radius 3 is 2.38 bits per heavy atom. The first-order valence-electron chi connectivity index (χ1n) is 6.35. The van der Waals surface area contributed by atoms with E-state index in [1.165, 1.54) is 11.3 Å². The molecule has 2 aromatic rings. The number of halogens is 1. The number of thiophene rings is 1. The molecule has 1 aromatic carbocycles. The Morgan fingerprint density at radius 2 is 1.81 bits per heavy atom. The van der Waals surface area contributed by atoms with Crippen LogP contribution in [-0.2, 0) is 10.0 Å². The van der Waals surface area contributed by atoms with E-state index in [0.717, 1.165) is 10.4 Å². The van der Waals surface area contributed by atoms with Crippen molar-refractivity contribution in [2.24, 2.45) is 0 Å². The number of benzene rings is 1. The fourth-order valence-corrected chi connectivity index (χ4v) is 4.86. The third kappa shape index (κ3) is 3.40. The predicted molar refractivity (Wildman–Crippen MR) is 88.4 cm³/mol. The molecule has 0 amide bonds. The molecular weight excluding hydrogens is 328 g/mol. The number of hydrogen-bond acceptors (Lipinski definition) is 4. The van der Waals surface area contributed by atoms with Crippen LogP contribution in [0, 0.1) is 13.8 Å². The summed E-state index contributed by atoms with van der Waals surface area (Å²) in [5.41, 5.74) is 7.61. The highest BCUT2D eigenvalue weighted by molar-refractivity contribution is 7.89. The molecule has 1 heterocycles. The van der Waals surface area contributed by atoms with Crippen LogP contribution in [0.25, 0.3) is 0 Å². The molecule has 1 unspecified atom stereocenters. The van der Waals surface area contributed by atoms with Gasteiger partial charge in [-0.2, -0.15) is 0 Å². The van der Waals surface area contributed by atoms with Crippen molar-refractivity contribution < 1.29 is 8.42 Å². The molecular formula is C14H17ClN2O2S2. The van der Waals surface area contributed by atoms with Crippen molar-refractivity contribution in [2.75, 3.05) is 5.73 Å². The normalized spacial score (nSPS) is 13.3. The maximum atomic E-state index is 12.6. The first-order valence-corrected chi connectivity index (χ1v) is 9.03. The lowest BCUT2D eigenvalue weighted by Gasteiger charge is -2.17. The maximum absolute atomic E-state index is 12.6. The van der Waals surface area contributed by atoms with Gasteiger partial charge in [-0.1, -0.05) is 23.7 Å². The summed E-state index contributed by atoms with van der Waals surface area (Å²) in [6.45, 7) is 5.30. The van der Waals surface area contributed by atoms with Crippen LogP contribution < -0.4 is 10.5 Å². The lowest BCUT2D eigenvalue weighted by atomic mass is 10.1. The van der Waals surface area contributed by atoms with Gasteiger partial charge in [0, 0.05) is 4.88 Å². The molecule has 0 spiro atoms. The molecule has 0 saturated carbocycles. The summed E-state index contributed by atoms with van der Waals surface area (Å²) in [4.78, 5) is 1.00. The Kier molecular flexibility index (Phi) is 4.63. The van der Waals surface area contributed by atoms with Crippen molar-refractivity contribution in [2.45, 2.75) is 31.7 Å². The second-order valence-electron chi connectivity index (χ2n) is 4.93. The molecule has 0 radical (unpaired) electrons. The van der Waals surface area contributed by atoms with Gasteiger partial charge in [0.05, 0.1) is 16.1 Å². The van der Waals surface area contributed by atoms with Crippen LogP contribution in [0.15, 0.2) is 29.2 Å². The topological polar surface area (TPSA) is 72.2 Å². The summed E-state index contributed by atoms with van der Waals surface area (Å²) in [5, 5.41) is 0. The summed E-state index contributed by atoms with van der Waals surface area (Å²) in [6, 6.07) is 6.76. The predicted octanol–water partition coefficient (Wildman–Crippen LogP) is 3.64. The average molecular weight is 345 g/mol. The monoisotopic (exact) mass is 344 g/mol. The number of nitrogens with one attached hydrogen (secondary N) is 1. The number of sulfonamides is 1. The van der Waals surface area contributed by atoms with Crippen molar-refractivity contribution in [3.63, 3.8) is 0 Å². The van der Waals surface area contributed by atoms with E-state index in [-0.39, 0.29) is 10.9 Å². The van der Waals surface area contributed by atoms with Crippen LogP contribution >= 0.6 is 22.9 Å². The second kappa shape index (κ2) is 5.96. The minimum Gasteiger partial charge on any atom is -0.397 e. The van der Waals surface area contributed by atoms with Crippen molar-refractivity contribution >= 4 is 38.6 Å². The average Bonchev–Trinajstić information content (AvgIpc) is 2.80. The summed E-state index contributed by atoms with van der Waals surface area (Å²) in [6.07, 6.45) is 0. The van der Waals surface area contributed by atoms with Gasteiger partial charge in [0.25, 0.3) is 0 Å². The van der Waals surface area contributed by atoms with E-state index in [1.54, 1.807) is 32.9 Å². The molecule has 1 aromatic heterocycles. The van der Waals surface area contributed by atoms with Gasteiger partial charge in [0.15, 0.2) is 0 Å². The first kappa shape index (κ1) is 16.3. The van der Waals surface area contributed by atoms with E-state index in [1.807, 2.05) is 12.1 Å². The second-order valence-corrected chi connectivity index (χ2v) is 8.32. The molecule has 4 nitrogen and oxygen atoms in total. The number of nitrogen functional groups attached to an aromatic ring is 1. The SMILES string of the molecule is Cc1ccc(C)c(S(=O)(=O)NC(C)c2ccc(Cl)s2)c1N. The maximum Gasteiger partial charge on any atom is 0.243 e. The number of nitrogens with two attached hydrogens (primary N) is 1. The zero-order valence-electron chi connectivity index (χ0n) is 12.0. The van der Waals surface area contributed by atoms with E-state index in [2.05, 4.69) is 4.72 Å². The Bertz CT molecular complexity index is 769. The van der Waals surface area contributed by atoms with Gasteiger partial charge >= 0.3 is 0 Å². The highest BCUT2D eigenvalue weighted by Gasteiger charge is 2.24. The van der Waals surface area contributed by atoms with E-state index in [9.17, 15) is 8.42 Å². The molecule has 3 N–H and O–H groups in total. The molecule has 0 bridgehead atoms. The van der Waals surface area contributed by atoms with Crippen LogP contribution in [0.1, 0.15) is 29.0 Å². The van der Waals surface area contributed by atoms with Crippen LogP contribution in [0.3, 0.4) is 0 Å². The Hall–Kier alpha value is -1.08. The number of hydrogen-bond donors (Lipinski definition) is 2. The zero-order valence-corrected chi connectivity index (χ0v) is 14.4. The first-order chi connectivity index (χ1) is 9.72. The number of aryl methyl sites for hydroxylation is 2. The Labute approximate surface area is 134 Å². The van der Waals surface area contributed by atoms with Crippen molar-refractivity contribution in [3.8, 4) is 0 Å². The molecule has 0 saturated heterocycles. The lowest BCUT2D eigenvalue weighted by molar-refractivity contribution is 0.568. The van der Waals surface area contributed by atoms with Gasteiger partial charge in [-0.05, 0) is 44.0 Å². The third-order valence-electron chi connectivity index (χ3n) is 3.23. The van der Waals surface area contributed by atoms with Gasteiger partial charge in [-0.25, -0.2) is 13.1 Å². The third-order valence-corrected chi connectivity index (χ3v) is 6.39. The molecule has 0 aliphatic rings. The molecule has 0 fully saturated rings. The van der Waals surface area contributed by atoms with Gasteiger partial charge in [0.2, 0.25) is 10.0 Å². The van der Waals surface area contributed by atoms with Gasteiger partial charge in [-0.15, -0.1) is 11.3 Å². The Balaban J connectivity index is 2.37. The fourth-order valence-electron chi connectivity index (χ4n) is 2.07. The van der Waals surface area contributed by atoms with E-state index in [4.69, 9.17) is 17.3 Å². The quantitative estimate of drug-likeness (QED) is 0.832. The number of rotatable bonds is 4. The van der Waals surface area contributed by atoms with Gasteiger partial charge in [-0.3, -0.25) is 0 Å². The van der Waals surface area contributed by atoms with E-state index in [0.29, 0.717) is 15.6 Å². The summed E-state index contributed by atoms with van der Waals surface area (Å²) in [5.74, 6) is 0. The minimum atomic E-state index is -3.69. The Morgan fingerprint density at radius 1 is 1.19 bits per heavy atom.